The molecule has 28 heavy (non-hydrogen) atoms. The zero-order valence-corrected chi connectivity index (χ0v) is 16.4. The molecule has 0 radical (unpaired) electrons. The Morgan fingerprint density at radius 1 is 1.25 bits per heavy atom. The minimum absolute atomic E-state index is 0.267. The van der Waals surface area contributed by atoms with Gasteiger partial charge in [-0.2, -0.15) is 5.10 Å². The van der Waals surface area contributed by atoms with Gasteiger partial charge in [-0.25, -0.2) is 0 Å². The molecule has 0 spiro atoms. The van der Waals surface area contributed by atoms with Crippen molar-refractivity contribution < 1.29 is 14.6 Å². The molecule has 1 aromatic heterocycles. The molecule has 1 aliphatic rings. The van der Waals surface area contributed by atoms with Gasteiger partial charge in [0.1, 0.15) is 5.75 Å². The van der Waals surface area contributed by atoms with Crippen molar-refractivity contribution in [2.75, 3.05) is 0 Å². The molecule has 2 aromatic carbocycles. The van der Waals surface area contributed by atoms with E-state index in [-0.39, 0.29) is 6.10 Å². The van der Waals surface area contributed by atoms with Crippen LogP contribution in [0.3, 0.4) is 0 Å². The zero-order chi connectivity index (χ0) is 19.7. The maximum atomic E-state index is 11.3. The lowest BCUT2D eigenvalue weighted by atomic mass is 9.96. The maximum absolute atomic E-state index is 11.3. The third-order valence-electron chi connectivity index (χ3n) is 5.66. The number of hydrogen-bond acceptors (Lipinski definition) is 3. The predicted molar refractivity (Wildman–Crippen MR) is 110 cm³/mol. The Labute approximate surface area is 164 Å². The molecule has 1 atom stereocenters. The number of fused-ring (bicyclic) bond motifs is 1. The summed E-state index contributed by atoms with van der Waals surface area (Å²) in [6.07, 6.45) is 7.25. The average molecular weight is 378 g/mol. The van der Waals surface area contributed by atoms with Crippen LogP contribution >= 0.6 is 0 Å². The summed E-state index contributed by atoms with van der Waals surface area (Å²) < 4.78 is 8.22. The van der Waals surface area contributed by atoms with Gasteiger partial charge in [0, 0.05) is 18.0 Å². The minimum Gasteiger partial charge on any atom is -0.490 e. The van der Waals surface area contributed by atoms with Gasteiger partial charge in [0.25, 0.3) is 0 Å². The largest absolute Gasteiger partial charge is 0.490 e. The first-order chi connectivity index (χ1) is 13.5. The molecular weight excluding hydrogens is 352 g/mol. The van der Waals surface area contributed by atoms with Crippen LogP contribution in [0.5, 0.6) is 5.75 Å². The first-order valence-corrected chi connectivity index (χ1v) is 9.96. The monoisotopic (exact) mass is 378 g/mol. The summed E-state index contributed by atoms with van der Waals surface area (Å²) in [5.74, 6) is -0.321. The summed E-state index contributed by atoms with van der Waals surface area (Å²) in [5.41, 5.74) is 4.15. The van der Waals surface area contributed by atoms with Crippen LogP contribution < -0.4 is 4.74 Å². The molecule has 1 aliphatic carbocycles. The van der Waals surface area contributed by atoms with E-state index in [4.69, 9.17) is 4.74 Å². The fourth-order valence-corrected chi connectivity index (χ4v) is 3.97. The first kappa shape index (κ1) is 18.5. The first-order valence-electron chi connectivity index (χ1n) is 9.96. The summed E-state index contributed by atoms with van der Waals surface area (Å²) in [5, 5.41) is 14.7. The number of aliphatic carboxylic acids is 1. The van der Waals surface area contributed by atoms with Gasteiger partial charge in [-0.05, 0) is 61.4 Å². The molecule has 1 N–H and O–H groups in total. The lowest BCUT2D eigenvalue weighted by Gasteiger charge is -2.18. The van der Waals surface area contributed by atoms with Gasteiger partial charge < -0.3 is 9.84 Å². The van der Waals surface area contributed by atoms with E-state index in [0.717, 1.165) is 46.2 Å². The average Bonchev–Trinajstić information content (AvgIpc) is 3.32. The van der Waals surface area contributed by atoms with Crippen LogP contribution in [0.4, 0.5) is 0 Å². The van der Waals surface area contributed by atoms with E-state index in [1.807, 2.05) is 30.1 Å². The predicted octanol–water partition coefficient (Wildman–Crippen LogP) is 4.82. The van der Waals surface area contributed by atoms with E-state index in [0.29, 0.717) is 6.42 Å². The van der Waals surface area contributed by atoms with E-state index in [2.05, 4.69) is 29.4 Å². The highest BCUT2D eigenvalue weighted by molar-refractivity contribution is 5.86. The highest BCUT2D eigenvalue weighted by Crippen LogP contribution is 2.36. The number of hydrogen-bond donors (Lipinski definition) is 1. The molecule has 0 bridgehead atoms. The van der Waals surface area contributed by atoms with E-state index < -0.39 is 11.9 Å². The smallest absolute Gasteiger partial charge is 0.306 e. The maximum Gasteiger partial charge on any atom is 0.306 e. The standard InChI is InChI=1S/C23H26N2O3/c1-15(23(26)27)11-16-7-10-22(28-19-5-3-4-6-19)20(12-16)17-8-9-18-14-24-25(2)21(18)13-17/h7-10,12-15,19H,3-6,11H2,1-2H3,(H,26,27). The topological polar surface area (TPSA) is 64.4 Å². The minimum atomic E-state index is -0.774. The van der Waals surface area contributed by atoms with Crippen molar-refractivity contribution in [3.05, 3.63) is 48.2 Å². The number of rotatable bonds is 6. The van der Waals surface area contributed by atoms with Crippen LogP contribution in [0, 0.1) is 5.92 Å². The van der Waals surface area contributed by atoms with E-state index in [9.17, 15) is 9.90 Å². The second kappa shape index (κ2) is 7.66. The van der Waals surface area contributed by atoms with Crippen molar-refractivity contribution in [2.24, 2.45) is 13.0 Å². The van der Waals surface area contributed by atoms with Gasteiger partial charge in [0.15, 0.2) is 0 Å². The molecule has 3 aromatic rings. The molecule has 0 amide bonds. The Morgan fingerprint density at radius 2 is 2.04 bits per heavy atom. The number of carboxylic acids is 1. The lowest BCUT2D eigenvalue weighted by Crippen LogP contribution is -2.13. The summed E-state index contributed by atoms with van der Waals surface area (Å²) in [6.45, 7) is 1.74. The third-order valence-corrected chi connectivity index (χ3v) is 5.66. The second-order valence-electron chi connectivity index (χ2n) is 7.84. The highest BCUT2D eigenvalue weighted by atomic mass is 16.5. The fourth-order valence-electron chi connectivity index (χ4n) is 3.97. The second-order valence-corrected chi connectivity index (χ2v) is 7.84. The van der Waals surface area contributed by atoms with E-state index in [1.165, 1.54) is 12.8 Å². The molecular formula is C23H26N2O3. The number of nitrogens with zero attached hydrogens (tertiary/aromatic N) is 2. The van der Waals surface area contributed by atoms with Crippen molar-refractivity contribution in [2.45, 2.75) is 45.1 Å². The van der Waals surface area contributed by atoms with Crippen molar-refractivity contribution in [1.82, 2.24) is 9.78 Å². The van der Waals surface area contributed by atoms with Crippen molar-refractivity contribution in [1.29, 1.82) is 0 Å². The van der Waals surface area contributed by atoms with Gasteiger partial charge in [-0.1, -0.05) is 25.1 Å². The number of carbonyl (C=O) groups is 1. The molecule has 0 aliphatic heterocycles. The molecule has 1 saturated carbocycles. The summed E-state index contributed by atoms with van der Waals surface area (Å²) in [6, 6.07) is 12.4. The fraction of sp³-hybridized carbons (Fsp3) is 0.391. The van der Waals surface area contributed by atoms with Crippen molar-refractivity contribution in [3.8, 4) is 16.9 Å². The molecule has 4 rings (SSSR count). The molecule has 146 valence electrons. The molecule has 5 heteroatoms. The van der Waals surface area contributed by atoms with E-state index >= 15 is 0 Å². The number of aromatic nitrogens is 2. The van der Waals surface area contributed by atoms with Gasteiger partial charge in [0.05, 0.1) is 23.7 Å². The van der Waals surface area contributed by atoms with Crippen LogP contribution in [-0.2, 0) is 18.3 Å². The summed E-state index contributed by atoms with van der Waals surface area (Å²) in [4.78, 5) is 11.3. The Hall–Kier alpha value is -2.82. The molecule has 1 heterocycles. The molecule has 0 saturated heterocycles. The number of ether oxygens (including phenoxy) is 1. The van der Waals surface area contributed by atoms with Crippen molar-refractivity contribution in [3.63, 3.8) is 0 Å². The Morgan fingerprint density at radius 3 is 2.79 bits per heavy atom. The quantitative estimate of drug-likeness (QED) is 0.667. The van der Waals surface area contributed by atoms with Gasteiger partial charge in [-0.3, -0.25) is 9.48 Å². The van der Waals surface area contributed by atoms with Crippen LogP contribution in [0.15, 0.2) is 42.6 Å². The highest BCUT2D eigenvalue weighted by Gasteiger charge is 2.20. The van der Waals surface area contributed by atoms with Gasteiger partial charge >= 0.3 is 5.97 Å². The zero-order valence-electron chi connectivity index (χ0n) is 16.4. The van der Waals surface area contributed by atoms with Gasteiger partial charge in [-0.15, -0.1) is 0 Å². The normalized spacial score (nSPS) is 15.8. The molecule has 1 fully saturated rings. The molecule has 1 unspecified atom stereocenters. The van der Waals surface area contributed by atoms with Crippen LogP contribution in [0.25, 0.3) is 22.0 Å². The summed E-state index contributed by atoms with van der Waals surface area (Å²) in [7, 11) is 1.94. The SMILES string of the molecule is CC(Cc1ccc(OC2CCCC2)c(-c2ccc3cnn(C)c3c2)c1)C(=O)O. The van der Waals surface area contributed by atoms with Crippen LogP contribution in [0.2, 0.25) is 0 Å². The number of carboxylic acid groups (broad SMARTS) is 1. The molecule has 5 nitrogen and oxygen atoms in total. The Balaban J connectivity index is 1.75. The van der Waals surface area contributed by atoms with Gasteiger partial charge in [0.2, 0.25) is 0 Å². The number of benzene rings is 2. The van der Waals surface area contributed by atoms with Crippen LogP contribution in [0.1, 0.15) is 38.2 Å². The summed E-state index contributed by atoms with van der Waals surface area (Å²) >= 11 is 0. The third kappa shape index (κ3) is 3.75. The Kier molecular flexibility index (Phi) is 5.07. The lowest BCUT2D eigenvalue weighted by molar-refractivity contribution is -0.141. The Bertz CT molecular complexity index is 1000. The van der Waals surface area contributed by atoms with E-state index in [1.54, 1.807) is 6.92 Å². The number of aryl methyl sites for hydroxylation is 1. The van der Waals surface area contributed by atoms with Crippen LogP contribution in [-0.4, -0.2) is 27.0 Å². The van der Waals surface area contributed by atoms with Crippen molar-refractivity contribution >= 4 is 16.9 Å².